The van der Waals surface area contributed by atoms with Crippen LogP contribution < -0.4 is 5.32 Å². The van der Waals surface area contributed by atoms with Crippen molar-refractivity contribution in [2.24, 2.45) is 5.41 Å². The molecular formula is C13H23NO4. The van der Waals surface area contributed by atoms with E-state index in [1.54, 1.807) is 0 Å². The lowest BCUT2D eigenvalue weighted by atomic mass is 9.61. The number of hydrogen-bond acceptors (Lipinski definition) is 4. The van der Waals surface area contributed by atoms with Crippen LogP contribution in [-0.4, -0.2) is 41.7 Å². The van der Waals surface area contributed by atoms with Crippen LogP contribution in [0.5, 0.6) is 0 Å². The number of carbonyl (C=O) groups excluding carboxylic acids is 1. The quantitative estimate of drug-likeness (QED) is 0.803. The second-order valence-corrected chi connectivity index (χ2v) is 6.81. The molecule has 18 heavy (non-hydrogen) atoms. The fraction of sp³-hybridized carbons (Fsp3) is 0.923. The number of ether oxygens (including phenoxy) is 2. The molecule has 2 heterocycles. The molecule has 0 aromatic rings. The maximum atomic E-state index is 11.6. The highest BCUT2D eigenvalue weighted by molar-refractivity contribution is 5.67. The molecule has 0 aromatic heterocycles. The average Bonchev–Trinajstić information content (AvgIpc) is 2.60. The van der Waals surface area contributed by atoms with Gasteiger partial charge < -0.3 is 19.9 Å². The Morgan fingerprint density at radius 2 is 2.11 bits per heavy atom. The summed E-state index contributed by atoms with van der Waals surface area (Å²) in [5.41, 5.74) is -0.707. The molecule has 0 spiro atoms. The third kappa shape index (κ3) is 2.47. The maximum Gasteiger partial charge on any atom is 0.407 e. The van der Waals surface area contributed by atoms with Crippen molar-refractivity contribution >= 4 is 6.09 Å². The first-order valence-electron chi connectivity index (χ1n) is 6.44. The van der Waals surface area contributed by atoms with Crippen molar-refractivity contribution < 1.29 is 19.4 Å². The first-order chi connectivity index (χ1) is 8.18. The Hall–Kier alpha value is -0.810. The molecule has 2 bridgehead atoms. The molecule has 2 saturated heterocycles. The smallest absolute Gasteiger partial charge is 0.407 e. The van der Waals surface area contributed by atoms with Crippen molar-refractivity contribution in [2.45, 2.75) is 57.8 Å². The number of carbonyl (C=O) groups is 1. The van der Waals surface area contributed by atoms with Gasteiger partial charge in [-0.15, -0.1) is 0 Å². The van der Waals surface area contributed by atoms with Crippen molar-refractivity contribution in [1.29, 1.82) is 0 Å². The number of amides is 1. The molecule has 0 aromatic carbocycles. The van der Waals surface area contributed by atoms with Gasteiger partial charge in [0.25, 0.3) is 0 Å². The number of nitrogens with one attached hydrogen (secondary N) is 1. The van der Waals surface area contributed by atoms with Crippen molar-refractivity contribution in [2.75, 3.05) is 13.2 Å². The highest BCUT2D eigenvalue weighted by Gasteiger charge is 2.65. The largest absolute Gasteiger partial charge is 0.444 e. The summed E-state index contributed by atoms with van der Waals surface area (Å²) in [5, 5.41) is 12.1. The number of hydrogen-bond donors (Lipinski definition) is 2. The van der Waals surface area contributed by atoms with E-state index >= 15 is 0 Å². The predicted molar refractivity (Wildman–Crippen MR) is 66.3 cm³/mol. The van der Waals surface area contributed by atoms with Crippen LogP contribution in [0.1, 0.15) is 40.5 Å². The highest BCUT2D eigenvalue weighted by atomic mass is 16.6. The van der Waals surface area contributed by atoms with Crippen LogP contribution in [0.4, 0.5) is 4.79 Å². The van der Waals surface area contributed by atoms with Crippen LogP contribution in [0.2, 0.25) is 0 Å². The fourth-order valence-corrected chi connectivity index (χ4v) is 3.25. The lowest BCUT2D eigenvalue weighted by molar-refractivity contribution is -0.0240. The summed E-state index contributed by atoms with van der Waals surface area (Å²) in [6.07, 6.45) is 1.20. The lowest BCUT2D eigenvalue weighted by Gasteiger charge is -2.43. The van der Waals surface area contributed by atoms with Gasteiger partial charge in [-0.1, -0.05) is 0 Å². The van der Waals surface area contributed by atoms with E-state index in [0.29, 0.717) is 6.54 Å². The average molecular weight is 257 g/mol. The predicted octanol–water partition coefficient (Wildman–Crippen LogP) is 1.44. The van der Waals surface area contributed by atoms with Crippen LogP contribution in [0.25, 0.3) is 0 Å². The lowest BCUT2D eigenvalue weighted by Crippen LogP contribution is -2.51. The van der Waals surface area contributed by atoms with E-state index in [4.69, 9.17) is 9.47 Å². The van der Waals surface area contributed by atoms with Crippen molar-refractivity contribution in [1.82, 2.24) is 5.32 Å². The minimum atomic E-state index is -0.488. The van der Waals surface area contributed by atoms with E-state index in [1.165, 1.54) is 0 Å². The summed E-state index contributed by atoms with van der Waals surface area (Å²) < 4.78 is 11.0. The van der Waals surface area contributed by atoms with Gasteiger partial charge in [0.05, 0.1) is 18.3 Å². The van der Waals surface area contributed by atoms with Gasteiger partial charge in [0.2, 0.25) is 0 Å². The highest BCUT2D eigenvalue weighted by Crippen LogP contribution is 2.60. The minimum absolute atomic E-state index is 0.00554. The standard InChI is InChI=1S/C13H23NO4/c1-11(2,3)18-10(16)14-8-13-6-12(4,7-13)17-9(13)5-15/h9,15H,5-8H2,1-4H3,(H,14,16). The number of alkyl carbamates (subject to hydrolysis) is 1. The summed E-state index contributed by atoms with van der Waals surface area (Å²) in [4.78, 5) is 11.6. The molecule has 1 amide bonds. The third-order valence-corrected chi connectivity index (χ3v) is 3.71. The van der Waals surface area contributed by atoms with Gasteiger partial charge in [-0.2, -0.15) is 0 Å². The molecule has 3 rings (SSSR count). The maximum absolute atomic E-state index is 11.6. The molecule has 5 heteroatoms. The second kappa shape index (κ2) is 4.10. The van der Waals surface area contributed by atoms with Gasteiger partial charge in [-0.05, 0) is 40.5 Å². The molecule has 1 unspecified atom stereocenters. The van der Waals surface area contributed by atoms with Gasteiger partial charge in [0.1, 0.15) is 5.60 Å². The van der Waals surface area contributed by atoms with Crippen molar-refractivity contribution in [3.63, 3.8) is 0 Å². The Morgan fingerprint density at radius 1 is 1.50 bits per heavy atom. The molecule has 5 nitrogen and oxygen atoms in total. The number of rotatable bonds is 3. The topological polar surface area (TPSA) is 67.8 Å². The Bertz CT molecular complexity index is 341. The van der Waals surface area contributed by atoms with Crippen LogP contribution in [0.15, 0.2) is 0 Å². The molecule has 2 N–H and O–H groups in total. The molecular weight excluding hydrogens is 234 g/mol. The van der Waals surface area contributed by atoms with Crippen LogP contribution in [0.3, 0.4) is 0 Å². The third-order valence-electron chi connectivity index (χ3n) is 3.71. The molecule has 3 aliphatic rings. The van der Waals surface area contributed by atoms with E-state index in [0.717, 1.165) is 12.8 Å². The van der Waals surface area contributed by atoms with E-state index in [-0.39, 0.29) is 23.7 Å². The van der Waals surface area contributed by atoms with Gasteiger partial charge in [-0.25, -0.2) is 4.79 Å². The monoisotopic (exact) mass is 257 g/mol. The summed E-state index contributed by atoms with van der Waals surface area (Å²) in [5.74, 6) is 0. The number of aliphatic hydroxyl groups is 1. The van der Waals surface area contributed by atoms with Crippen LogP contribution >= 0.6 is 0 Å². The molecule has 0 radical (unpaired) electrons. The van der Waals surface area contributed by atoms with Crippen LogP contribution in [-0.2, 0) is 9.47 Å². The number of fused-ring (bicyclic) bond motifs is 1. The Balaban J connectivity index is 1.86. The van der Waals surface area contributed by atoms with Crippen LogP contribution in [0, 0.1) is 5.41 Å². The first kappa shape index (κ1) is 13.6. The molecule has 2 aliphatic heterocycles. The van der Waals surface area contributed by atoms with Crippen molar-refractivity contribution in [3.05, 3.63) is 0 Å². The zero-order valence-corrected chi connectivity index (χ0v) is 11.6. The fourth-order valence-electron chi connectivity index (χ4n) is 3.25. The summed E-state index contributed by atoms with van der Waals surface area (Å²) in [7, 11) is 0. The second-order valence-electron chi connectivity index (χ2n) is 6.81. The molecule has 1 aliphatic carbocycles. The molecule has 104 valence electrons. The minimum Gasteiger partial charge on any atom is -0.444 e. The number of aliphatic hydroxyl groups excluding tert-OH is 1. The van der Waals surface area contributed by atoms with Gasteiger partial charge in [0, 0.05) is 12.0 Å². The van der Waals surface area contributed by atoms with Gasteiger partial charge in [-0.3, -0.25) is 0 Å². The Morgan fingerprint density at radius 3 is 2.61 bits per heavy atom. The van der Waals surface area contributed by atoms with Gasteiger partial charge >= 0.3 is 6.09 Å². The van der Waals surface area contributed by atoms with Gasteiger partial charge in [0.15, 0.2) is 0 Å². The molecule has 3 fully saturated rings. The normalized spacial score (nSPS) is 38.2. The summed E-state index contributed by atoms with van der Waals surface area (Å²) in [6.45, 7) is 8.06. The SMILES string of the molecule is CC(C)(C)OC(=O)NCC12CC(C)(C1)OC2CO. The Kier molecular flexibility index (Phi) is 3.10. The van der Waals surface area contributed by atoms with E-state index in [2.05, 4.69) is 5.32 Å². The molecule has 1 saturated carbocycles. The van der Waals surface area contributed by atoms with Crippen molar-refractivity contribution in [3.8, 4) is 0 Å². The summed E-state index contributed by atoms with van der Waals surface area (Å²) >= 11 is 0. The van der Waals surface area contributed by atoms with E-state index in [1.807, 2.05) is 27.7 Å². The first-order valence-corrected chi connectivity index (χ1v) is 6.44. The zero-order valence-electron chi connectivity index (χ0n) is 11.6. The summed E-state index contributed by atoms with van der Waals surface area (Å²) in [6, 6.07) is 0. The van der Waals surface area contributed by atoms with E-state index < -0.39 is 11.7 Å². The zero-order chi connectivity index (χ0) is 13.6. The van der Waals surface area contributed by atoms with E-state index in [9.17, 15) is 9.90 Å². The molecule has 1 atom stereocenters. The Labute approximate surface area is 108 Å².